The van der Waals surface area contributed by atoms with Gasteiger partial charge < -0.3 is 4.57 Å². The molecule has 140 valence electrons. The second kappa shape index (κ2) is 8.49. The van der Waals surface area contributed by atoms with Gasteiger partial charge in [-0.25, -0.2) is 0 Å². The number of aromatic nitrogens is 1. The third kappa shape index (κ3) is 4.11. The summed E-state index contributed by atoms with van der Waals surface area (Å²) in [7, 11) is 0. The zero-order chi connectivity index (χ0) is 19.4. The summed E-state index contributed by atoms with van der Waals surface area (Å²) in [5.41, 5.74) is 5.60. The summed E-state index contributed by atoms with van der Waals surface area (Å²) in [6, 6.07) is 15.9. The molecular weight excluding hydrogens is 352 g/mol. The lowest BCUT2D eigenvalue weighted by atomic mass is 10.0. The van der Waals surface area contributed by atoms with E-state index in [1.54, 1.807) is 11.3 Å². The van der Waals surface area contributed by atoms with E-state index in [0.717, 1.165) is 24.2 Å². The SMILES string of the molecule is CCCc1sc(=NC(=O)c2ccccc2)n(CC)c1-c1ccc(C)c(C)c1. The molecule has 0 bridgehead atoms. The van der Waals surface area contributed by atoms with Gasteiger partial charge in [-0.15, -0.1) is 11.3 Å². The van der Waals surface area contributed by atoms with Crippen molar-refractivity contribution >= 4 is 17.2 Å². The van der Waals surface area contributed by atoms with Gasteiger partial charge in [0.05, 0.1) is 5.69 Å². The number of carbonyl (C=O) groups is 1. The average molecular weight is 379 g/mol. The van der Waals surface area contributed by atoms with E-state index >= 15 is 0 Å². The first-order chi connectivity index (χ1) is 13.0. The van der Waals surface area contributed by atoms with Crippen LogP contribution in [0.4, 0.5) is 0 Å². The maximum atomic E-state index is 12.6. The van der Waals surface area contributed by atoms with E-state index in [1.165, 1.54) is 27.3 Å². The van der Waals surface area contributed by atoms with Crippen molar-refractivity contribution in [3.05, 3.63) is 74.9 Å². The Morgan fingerprint density at radius 1 is 1.04 bits per heavy atom. The van der Waals surface area contributed by atoms with Crippen molar-refractivity contribution in [2.75, 3.05) is 0 Å². The van der Waals surface area contributed by atoms with E-state index in [9.17, 15) is 4.79 Å². The predicted octanol–water partition coefficient (Wildman–Crippen LogP) is 5.55. The normalized spacial score (nSPS) is 11.8. The van der Waals surface area contributed by atoms with Crippen molar-refractivity contribution in [3.8, 4) is 11.3 Å². The van der Waals surface area contributed by atoms with Gasteiger partial charge >= 0.3 is 0 Å². The largest absolute Gasteiger partial charge is 0.316 e. The number of hydrogen-bond acceptors (Lipinski definition) is 2. The van der Waals surface area contributed by atoms with Crippen LogP contribution in [0, 0.1) is 13.8 Å². The van der Waals surface area contributed by atoms with Crippen LogP contribution in [-0.4, -0.2) is 10.5 Å². The number of aryl methyl sites for hydroxylation is 3. The van der Waals surface area contributed by atoms with Crippen molar-refractivity contribution in [2.24, 2.45) is 4.99 Å². The molecule has 4 heteroatoms. The lowest BCUT2D eigenvalue weighted by Gasteiger charge is -2.11. The van der Waals surface area contributed by atoms with Gasteiger partial charge in [-0.1, -0.05) is 43.7 Å². The fourth-order valence-corrected chi connectivity index (χ4v) is 4.48. The van der Waals surface area contributed by atoms with Gasteiger partial charge in [-0.2, -0.15) is 4.99 Å². The molecule has 0 unspecified atom stereocenters. The molecule has 3 aromatic rings. The van der Waals surface area contributed by atoms with E-state index in [4.69, 9.17) is 0 Å². The van der Waals surface area contributed by atoms with Crippen molar-refractivity contribution in [1.82, 2.24) is 4.57 Å². The first kappa shape index (κ1) is 19.3. The molecule has 0 N–H and O–H groups in total. The Kier molecular flexibility index (Phi) is 6.07. The maximum absolute atomic E-state index is 12.6. The van der Waals surface area contributed by atoms with Gasteiger partial charge in [0.1, 0.15) is 0 Å². The molecule has 3 nitrogen and oxygen atoms in total. The van der Waals surface area contributed by atoms with Crippen LogP contribution in [0.5, 0.6) is 0 Å². The molecule has 2 aromatic carbocycles. The zero-order valence-corrected chi connectivity index (χ0v) is 17.3. The first-order valence-corrected chi connectivity index (χ1v) is 10.3. The molecular formula is C23H26N2OS. The van der Waals surface area contributed by atoms with Crippen molar-refractivity contribution in [2.45, 2.75) is 47.1 Å². The number of rotatable bonds is 5. The molecule has 0 saturated carbocycles. The summed E-state index contributed by atoms with van der Waals surface area (Å²) < 4.78 is 2.18. The molecule has 1 heterocycles. The lowest BCUT2D eigenvalue weighted by molar-refractivity contribution is 0.0998. The van der Waals surface area contributed by atoms with Crippen LogP contribution in [-0.2, 0) is 13.0 Å². The van der Waals surface area contributed by atoms with Crippen LogP contribution in [0.1, 0.15) is 46.6 Å². The Bertz CT molecular complexity index is 1010. The number of carbonyl (C=O) groups excluding carboxylic acids is 1. The minimum Gasteiger partial charge on any atom is -0.316 e. The lowest BCUT2D eigenvalue weighted by Crippen LogP contribution is -2.17. The fraction of sp³-hybridized carbons (Fsp3) is 0.304. The molecule has 1 amide bonds. The van der Waals surface area contributed by atoms with Gasteiger partial charge in [0.25, 0.3) is 5.91 Å². The van der Waals surface area contributed by atoms with Gasteiger partial charge in [0.15, 0.2) is 4.80 Å². The number of nitrogens with zero attached hydrogens (tertiary/aromatic N) is 2. The van der Waals surface area contributed by atoms with Gasteiger partial charge in [-0.05, 0) is 62.1 Å². The summed E-state index contributed by atoms with van der Waals surface area (Å²) in [6.45, 7) is 9.35. The van der Waals surface area contributed by atoms with E-state index in [1.807, 2.05) is 30.3 Å². The first-order valence-electron chi connectivity index (χ1n) is 9.49. The molecule has 3 rings (SSSR count). The molecule has 0 atom stereocenters. The molecule has 0 aliphatic rings. The number of benzene rings is 2. The number of thiazole rings is 1. The fourth-order valence-electron chi connectivity index (χ4n) is 3.17. The Morgan fingerprint density at radius 3 is 2.41 bits per heavy atom. The molecule has 1 aromatic heterocycles. The van der Waals surface area contributed by atoms with E-state index in [2.05, 4.69) is 55.5 Å². The van der Waals surface area contributed by atoms with Crippen LogP contribution in [0.15, 0.2) is 53.5 Å². The molecule has 0 radical (unpaired) electrons. The average Bonchev–Trinajstić information content (AvgIpc) is 3.01. The topological polar surface area (TPSA) is 34.4 Å². The summed E-state index contributed by atoms with van der Waals surface area (Å²) in [5.74, 6) is -0.186. The zero-order valence-electron chi connectivity index (χ0n) is 16.5. The summed E-state index contributed by atoms with van der Waals surface area (Å²) in [5, 5.41) is 0. The minimum absolute atomic E-state index is 0.186. The summed E-state index contributed by atoms with van der Waals surface area (Å²) in [6.07, 6.45) is 2.05. The Balaban J connectivity index is 2.17. The van der Waals surface area contributed by atoms with Crippen LogP contribution < -0.4 is 4.80 Å². The van der Waals surface area contributed by atoms with E-state index < -0.39 is 0 Å². The van der Waals surface area contributed by atoms with Crippen molar-refractivity contribution < 1.29 is 4.79 Å². The van der Waals surface area contributed by atoms with Gasteiger partial charge in [0, 0.05) is 17.0 Å². The molecule has 0 spiro atoms. The molecule has 0 aliphatic heterocycles. The maximum Gasteiger partial charge on any atom is 0.279 e. The monoisotopic (exact) mass is 378 g/mol. The highest BCUT2D eigenvalue weighted by Crippen LogP contribution is 2.29. The highest BCUT2D eigenvalue weighted by atomic mass is 32.1. The number of hydrogen-bond donors (Lipinski definition) is 0. The second-order valence-corrected chi connectivity index (χ2v) is 7.79. The quantitative estimate of drug-likeness (QED) is 0.573. The standard InChI is InChI=1S/C23H26N2OS/c1-5-10-20-21(19-14-13-16(3)17(4)15-19)25(6-2)23(27-20)24-22(26)18-11-8-7-9-12-18/h7-9,11-15H,5-6,10H2,1-4H3. The van der Waals surface area contributed by atoms with Gasteiger partial charge in [-0.3, -0.25) is 4.79 Å². The van der Waals surface area contributed by atoms with Crippen molar-refractivity contribution in [3.63, 3.8) is 0 Å². The van der Waals surface area contributed by atoms with E-state index in [-0.39, 0.29) is 5.91 Å². The summed E-state index contributed by atoms with van der Waals surface area (Å²) >= 11 is 1.64. The molecule has 27 heavy (non-hydrogen) atoms. The Hall–Kier alpha value is -2.46. The van der Waals surface area contributed by atoms with E-state index in [0.29, 0.717) is 5.56 Å². The third-order valence-corrected chi connectivity index (χ3v) is 5.91. The highest BCUT2D eigenvalue weighted by molar-refractivity contribution is 7.09. The van der Waals surface area contributed by atoms with Crippen molar-refractivity contribution in [1.29, 1.82) is 0 Å². The number of amides is 1. The highest BCUT2D eigenvalue weighted by Gasteiger charge is 2.16. The van der Waals surface area contributed by atoms with Crippen LogP contribution in [0.3, 0.4) is 0 Å². The van der Waals surface area contributed by atoms with Crippen LogP contribution >= 0.6 is 11.3 Å². The summed E-state index contributed by atoms with van der Waals surface area (Å²) in [4.78, 5) is 19.2. The Labute approximate surface area is 165 Å². The smallest absolute Gasteiger partial charge is 0.279 e. The molecule has 0 fully saturated rings. The third-order valence-electron chi connectivity index (χ3n) is 4.77. The van der Waals surface area contributed by atoms with Crippen LogP contribution in [0.25, 0.3) is 11.3 Å². The molecule has 0 saturated heterocycles. The minimum atomic E-state index is -0.186. The second-order valence-electron chi connectivity index (χ2n) is 6.73. The predicted molar refractivity (Wildman–Crippen MR) is 113 cm³/mol. The molecule has 0 aliphatic carbocycles. The Morgan fingerprint density at radius 2 is 1.78 bits per heavy atom. The van der Waals surface area contributed by atoms with Crippen LogP contribution in [0.2, 0.25) is 0 Å². The van der Waals surface area contributed by atoms with Gasteiger partial charge in [0.2, 0.25) is 0 Å².